The number of hydrogen-bond donors (Lipinski definition) is 1. The highest BCUT2D eigenvalue weighted by atomic mass is 79.9. The van der Waals surface area contributed by atoms with E-state index in [1.165, 1.54) is 22.4 Å². The van der Waals surface area contributed by atoms with Gasteiger partial charge >= 0.3 is 0 Å². The third-order valence-corrected chi connectivity index (χ3v) is 4.54. The van der Waals surface area contributed by atoms with Gasteiger partial charge < -0.3 is 5.32 Å². The lowest BCUT2D eigenvalue weighted by Crippen LogP contribution is -2.02. The standard InChI is InChI=1S/C16H17Br2N/c1-3-13-9-14(17)5-7-16(13)19-10-12-4-6-15(18)11(2)8-12/h4-9,19H,3,10H2,1-2H3. The Hall–Kier alpha value is -0.800. The lowest BCUT2D eigenvalue weighted by molar-refractivity contribution is 1.09. The highest BCUT2D eigenvalue weighted by Gasteiger charge is 2.02. The molecular weight excluding hydrogens is 366 g/mol. The number of hydrogen-bond acceptors (Lipinski definition) is 1. The first-order valence-corrected chi connectivity index (χ1v) is 7.96. The molecule has 2 rings (SSSR count). The smallest absolute Gasteiger partial charge is 0.0400 e. The normalized spacial score (nSPS) is 10.5. The fourth-order valence-electron chi connectivity index (χ4n) is 2.04. The number of anilines is 1. The molecule has 1 nitrogen and oxygen atoms in total. The Labute approximate surface area is 131 Å². The first-order valence-electron chi connectivity index (χ1n) is 6.37. The van der Waals surface area contributed by atoms with Crippen molar-refractivity contribution in [1.29, 1.82) is 0 Å². The van der Waals surface area contributed by atoms with Gasteiger partial charge in [0.05, 0.1) is 0 Å². The van der Waals surface area contributed by atoms with Crippen LogP contribution in [0.5, 0.6) is 0 Å². The highest BCUT2D eigenvalue weighted by molar-refractivity contribution is 9.10. The topological polar surface area (TPSA) is 12.0 Å². The lowest BCUT2D eigenvalue weighted by atomic mass is 10.1. The van der Waals surface area contributed by atoms with Gasteiger partial charge in [0, 0.05) is 21.2 Å². The van der Waals surface area contributed by atoms with Crippen molar-refractivity contribution in [3.63, 3.8) is 0 Å². The van der Waals surface area contributed by atoms with E-state index < -0.39 is 0 Å². The second-order valence-corrected chi connectivity index (χ2v) is 6.36. The second kappa shape index (κ2) is 6.58. The number of aryl methyl sites for hydroxylation is 2. The molecule has 2 aromatic rings. The summed E-state index contributed by atoms with van der Waals surface area (Å²) in [4.78, 5) is 0. The molecule has 0 aliphatic rings. The maximum absolute atomic E-state index is 3.53. The van der Waals surface area contributed by atoms with Gasteiger partial charge in [-0.3, -0.25) is 0 Å². The van der Waals surface area contributed by atoms with E-state index in [1.807, 2.05) is 0 Å². The number of benzene rings is 2. The molecule has 0 aromatic heterocycles. The molecule has 3 heteroatoms. The van der Waals surface area contributed by atoms with Gasteiger partial charge in [-0.1, -0.05) is 50.9 Å². The number of rotatable bonds is 4. The molecule has 0 fully saturated rings. The molecule has 2 aromatic carbocycles. The summed E-state index contributed by atoms with van der Waals surface area (Å²) in [5.74, 6) is 0. The van der Waals surface area contributed by atoms with Crippen LogP contribution in [0.15, 0.2) is 45.3 Å². The molecule has 0 unspecified atom stereocenters. The zero-order valence-corrected chi connectivity index (χ0v) is 14.3. The zero-order valence-electron chi connectivity index (χ0n) is 11.1. The highest BCUT2D eigenvalue weighted by Crippen LogP contribution is 2.23. The minimum absolute atomic E-state index is 0.850. The van der Waals surface area contributed by atoms with E-state index in [0.29, 0.717) is 0 Å². The summed E-state index contributed by atoms with van der Waals surface area (Å²) in [6.07, 6.45) is 1.03. The van der Waals surface area contributed by atoms with Gasteiger partial charge in [-0.15, -0.1) is 0 Å². The summed E-state index contributed by atoms with van der Waals surface area (Å²) in [6, 6.07) is 12.9. The first kappa shape index (κ1) is 14.6. The van der Waals surface area contributed by atoms with Gasteiger partial charge in [0.1, 0.15) is 0 Å². The molecule has 0 saturated heterocycles. The molecule has 0 saturated carbocycles. The largest absolute Gasteiger partial charge is 0.381 e. The van der Waals surface area contributed by atoms with Crippen molar-refractivity contribution in [3.8, 4) is 0 Å². The van der Waals surface area contributed by atoms with Crippen molar-refractivity contribution in [2.75, 3.05) is 5.32 Å². The van der Waals surface area contributed by atoms with Crippen LogP contribution < -0.4 is 5.32 Å². The van der Waals surface area contributed by atoms with Crippen LogP contribution in [0, 0.1) is 6.92 Å². The van der Waals surface area contributed by atoms with Crippen LogP contribution in [-0.4, -0.2) is 0 Å². The summed E-state index contributed by atoms with van der Waals surface area (Å²) >= 11 is 7.05. The summed E-state index contributed by atoms with van der Waals surface area (Å²) < 4.78 is 2.29. The van der Waals surface area contributed by atoms with Crippen molar-refractivity contribution < 1.29 is 0 Å². The van der Waals surface area contributed by atoms with Gasteiger partial charge in [-0.05, 0) is 54.3 Å². The van der Waals surface area contributed by atoms with Gasteiger partial charge in [0.15, 0.2) is 0 Å². The minimum Gasteiger partial charge on any atom is -0.381 e. The van der Waals surface area contributed by atoms with Gasteiger partial charge in [0.2, 0.25) is 0 Å². The zero-order chi connectivity index (χ0) is 13.8. The summed E-state index contributed by atoms with van der Waals surface area (Å²) in [6.45, 7) is 5.14. The fourth-order valence-corrected chi connectivity index (χ4v) is 2.70. The van der Waals surface area contributed by atoms with Crippen molar-refractivity contribution in [2.24, 2.45) is 0 Å². The van der Waals surface area contributed by atoms with E-state index in [-0.39, 0.29) is 0 Å². The van der Waals surface area contributed by atoms with E-state index in [0.717, 1.165) is 21.9 Å². The molecule has 0 aliphatic carbocycles. The van der Waals surface area contributed by atoms with Crippen molar-refractivity contribution in [3.05, 3.63) is 62.0 Å². The van der Waals surface area contributed by atoms with Crippen LogP contribution in [0.3, 0.4) is 0 Å². The SMILES string of the molecule is CCc1cc(Br)ccc1NCc1ccc(Br)c(C)c1. The lowest BCUT2D eigenvalue weighted by Gasteiger charge is -2.12. The van der Waals surface area contributed by atoms with Crippen LogP contribution >= 0.6 is 31.9 Å². The average molecular weight is 383 g/mol. The summed E-state index contributed by atoms with van der Waals surface area (Å²) in [7, 11) is 0. The van der Waals surface area contributed by atoms with E-state index in [1.54, 1.807) is 0 Å². The van der Waals surface area contributed by atoms with Crippen molar-refractivity contribution in [2.45, 2.75) is 26.8 Å². The third kappa shape index (κ3) is 3.83. The maximum Gasteiger partial charge on any atom is 0.0400 e. The molecule has 0 bridgehead atoms. The molecule has 1 N–H and O–H groups in total. The van der Waals surface area contributed by atoms with Crippen LogP contribution in [0.1, 0.15) is 23.6 Å². The van der Waals surface area contributed by atoms with Crippen LogP contribution in [0.4, 0.5) is 5.69 Å². The Morgan fingerprint density at radius 2 is 1.84 bits per heavy atom. The fraction of sp³-hybridized carbons (Fsp3) is 0.250. The second-order valence-electron chi connectivity index (χ2n) is 4.59. The average Bonchev–Trinajstić information content (AvgIpc) is 2.41. The van der Waals surface area contributed by atoms with Gasteiger partial charge in [-0.25, -0.2) is 0 Å². The monoisotopic (exact) mass is 381 g/mol. The molecule has 0 amide bonds. The Bertz CT molecular complexity index is 579. The van der Waals surface area contributed by atoms with Crippen LogP contribution in [0.2, 0.25) is 0 Å². The van der Waals surface area contributed by atoms with Crippen molar-refractivity contribution >= 4 is 37.5 Å². The Balaban J connectivity index is 2.12. The minimum atomic E-state index is 0.850. The third-order valence-electron chi connectivity index (χ3n) is 3.15. The Kier molecular flexibility index (Phi) is 5.06. The quantitative estimate of drug-likeness (QED) is 0.715. The van der Waals surface area contributed by atoms with E-state index in [9.17, 15) is 0 Å². The molecular formula is C16H17Br2N. The molecule has 0 heterocycles. The molecule has 0 spiro atoms. The predicted octanol–water partition coefficient (Wildman–Crippen LogP) is 5.69. The number of nitrogens with one attached hydrogen (secondary N) is 1. The van der Waals surface area contributed by atoms with Gasteiger partial charge in [-0.2, -0.15) is 0 Å². The van der Waals surface area contributed by atoms with Crippen LogP contribution in [-0.2, 0) is 13.0 Å². The van der Waals surface area contributed by atoms with Crippen molar-refractivity contribution in [1.82, 2.24) is 0 Å². The molecule has 19 heavy (non-hydrogen) atoms. The van der Waals surface area contributed by atoms with Gasteiger partial charge in [0.25, 0.3) is 0 Å². The van der Waals surface area contributed by atoms with Crippen LogP contribution in [0.25, 0.3) is 0 Å². The van der Waals surface area contributed by atoms with E-state index in [4.69, 9.17) is 0 Å². The predicted molar refractivity (Wildman–Crippen MR) is 89.7 cm³/mol. The van der Waals surface area contributed by atoms with E-state index in [2.05, 4.69) is 87.4 Å². The Morgan fingerprint density at radius 3 is 2.53 bits per heavy atom. The molecule has 100 valence electrons. The van der Waals surface area contributed by atoms with E-state index >= 15 is 0 Å². The molecule has 0 atom stereocenters. The maximum atomic E-state index is 3.53. The molecule has 0 aliphatic heterocycles. The Morgan fingerprint density at radius 1 is 1.05 bits per heavy atom. The first-order chi connectivity index (χ1) is 9.10. The summed E-state index contributed by atoms with van der Waals surface area (Å²) in [5.41, 5.74) is 5.12. The molecule has 0 radical (unpaired) electrons. The number of halogens is 2. The summed E-state index contributed by atoms with van der Waals surface area (Å²) in [5, 5.41) is 3.52.